The molecule has 1 aromatic rings. The molecular formula is C11H14FN3. The van der Waals surface area contributed by atoms with Crippen LogP contribution in [0, 0.1) is 17.3 Å². The van der Waals surface area contributed by atoms with Gasteiger partial charge in [0.2, 0.25) is 5.95 Å². The van der Waals surface area contributed by atoms with Crippen molar-refractivity contribution in [3.63, 3.8) is 0 Å². The van der Waals surface area contributed by atoms with Crippen LogP contribution in [0.2, 0.25) is 0 Å². The van der Waals surface area contributed by atoms with Crippen LogP contribution in [0.5, 0.6) is 0 Å². The molecule has 0 atom stereocenters. The number of nitrogens with zero attached hydrogens (tertiary/aromatic N) is 3. The molecule has 0 saturated heterocycles. The number of pyridine rings is 1. The molecule has 0 aliphatic heterocycles. The van der Waals surface area contributed by atoms with Crippen LogP contribution in [0.4, 0.5) is 10.1 Å². The molecule has 0 N–H and O–H groups in total. The minimum atomic E-state index is -0.491. The highest BCUT2D eigenvalue weighted by molar-refractivity contribution is 5.45. The minimum Gasteiger partial charge on any atom is -0.368 e. The number of aromatic nitrogens is 1. The summed E-state index contributed by atoms with van der Waals surface area (Å²) in [5.74, 6) is -0.491. The van der Waals surface area contributed by atoms with E-state index in [0.717, 1.165) is 5.69 Å². The van der Waals surface area contributed by atoms with Crippen LogP contribution >= 0.6 is 0 Å². The normalized spacial score (nSPS) is 10.1. The summed E-state index contributed by atoms with van der Waals surface area (Å²) in [5.41, 5.74) is 0.771. The Balaban J connectivity index is 2.84. The van der Waals surface area contributed by atoms with Crippen molar-refractivity contribution < 1.29 is 4.39 Å². The van der Waals surface area contributed by atoms with Crippen molar-refractivity contribution in [1.82, 2.24) is 4.98 Å². The van der Waals surface area contributed by atoms with Crippen LogP contribution in [0.15, 0.2) is 18.3 Å². The van der Waals surface area contributed by atoms with Crippen LogP contribution < -0.4 is 4.90 Å². The Morgan fingerprint density at radius 2 is 2.33 bits per heavy atom. The van der Waals surface area contributed by atoms with Gasteiger partial charge in [0, 0.05) is 30.5 Å². The number of rotatable bonds is 4. The Bertz CT molecular complexity index is 357. The summed E-state index contributed by atoms with van der Waals surface area (Å²) in [6.07, 6.45) is 1.87. The van der Waals surface area contributed by atoms with Gasteiger partial charge in [0.1, 0.15) is 0 Å². The predicted octanol–water partition coefficient (Wildman–Crippen LogP) is 2.35. The molecule has 1 heterocycles. The molecule has 0 spiro atoms. The van der Waals surface area contributed by atoms with Crippen molar-refractivity contribution in [2.75, 3.05) is 11.4 Å². The van der Waals surface area contributed by atoms with Crippen LogP contribution in [0.1, 0.15) is 20.3 Å². The van der Waals surface area contributed by atoms with E-state index >= 15 is 0 Å². The fourth-order valence-electron chi connectivity index (χ4n) is 1.43. The molecule has 1 aromatic heterocycles. The lowest BCUT2D eigenvalue weighted by molar-refractivity contribution is 0.580. The molecule has 0 aromatic carbocycles. The largest absolute Gasteiger partial charge is 0.368 e. The first-order chi connectivity index (χ1) is 7.15. The third kappa shape index (κ3) is 3.21. The van der Waals surface area contributed by atoms with Crippen LogP contribution in [0.3, 0.4) is 0 Å². The second-order valence-corrected chi connectivity index (χ2v) is 3.53. The van der Waals surface area contributed by atoms with Crippen molar-refractivity contribution in [1.29, 1.82) is 5.26 Å². The molecular weight excluding hydrogens is 193 g/mol. The van der Waals surface area contributed by atoms with Crippen molar-refractivity contribution in [2.24, 2.45) is 0 Å². The highest BCUT2D eigenvalue weighted by Crippen LogP contribution is 2.17. The fraction of sp³-hybridized carbons (Fsp3) is 0.455. The zero-order valence-electron chi connectivity index (χ0n) is 8.94. The Hall–Kier alpha value is -1.63. The quantitative estimate of drug-likeness (QED) is 0.711. The van der Waals surface area contributed by atoms with E-state index in [-0.39, 0.29) is 6.04 Å². The lowest BCUT2D eigenvalue weighted by Gasteiger charge is -2.27. The lowest BCUT2D eigenvalue weighted by atomic mass is 10.2. The summed E-state index contributed by atoms with van der Waals surface area (Å²) in [6.45, 7) is 4.63. The molecule has 1 rings (SSSR count). The molecule has 3 nitrogen and oxygen atoms in total. The number of hydrogen-bond donors (Lipinski definition) is 0. The van der Waals surface area contributed by atoms with Crippen LogP contribution in [0.25, 0.3) is 0 Å². The van der Waals surface area contributed by atoms with Crippen molar-refractivity contribution in [3.05, 3.63) is 24.3 Å². The highest BCUT2D eigenvalue weighted by Gasteiger charge is 2.10. The maximum absolute atomic E-state index is 12.9. The highest BCUT2D eigenvalue weighted by atomic mass is 19.1. The van der Waals surface area contributed by atoms with Crippen LogP contribution in [-0.2, 0) is 0 Å². The SMILES string of the molecule is CC(C)N(CCC#N)c1ccnc(F)c1. The van der Waals surface area contributed by atoms with Crippen molar-refractivity contribution in [2.45, 2.75) is 26.3 Å². The summed E-state index contributed by atoms with van der Waals surface area (Å²) in [7, 11) is 0. The summed E-state index contributed by atoms with van der Waals surface area (Å²) in [6, 6.07) is 5.46. The fourth-order valence-corrected chi connectivity index (χ4v) is 1.43. The van der Waals surface area contributed by atoms with E-state index in [1.54, 1.807) is 6.07 Å². The molecule has 4 heteroatoms. The standard InChI is InChI=1S/C11H14FN3/c1-9(2)15(7-3-5-13)10-4-6-14-11(12)8-10/h4,6,8-9H,3,7H2,1-2H3. The first kappa shape index (κ1) is 11.4. The van der Waals surface area contributed by atoms with Gasteiger partial charge in [0.05, 0.1) is 12.5 Å². The van der Waals surface area contributed by atoms with E-state index in [1.807, 2.05) is 18.7 Å². The minimum absolute atomic E-state index is 0.236. The third-order valence-electron chi connectivity index (χ3n) is 2.13. The first-order valence-electron chi connectivity index (χ1n) is 4.90. The second-order valence-electron chi connectivity index (χ2n) is 3.53. The summed E-state index contributed by atoms with van der Waals surface area (Å²) in [5, 5.41) is 8.54. The molecule has 0 aliphatic rings. The molecule has 0 amide bonds. The maximum atomic E-state index is 12.9. The molecule has 0 saturated carbocycles. The molecule has 0 unspecified atom stereocenters. The molecule has 0 aliphatic carbocycles. The van der Waals surface area contributed by atoms with Crippen molar-refractivity contribution in [3.8, 4) is 6.07 Å². The molecule has 80 valence electrons. The van der Waals surface area contributed by atoms with E-state index < -0.39 is 5.95 Å². The van der Waals surface area contributed by atoms with Gasteiger partial charge in [0.25, 0.3) is 0 Å². The van der Waals surface area contributed by atoms with Crippen molar-refractivity contribution >= 4 is 5.69 Å². The zero-order valence-corrected chi connectivity index (χ0v) is 8.94. The average Bonchev–Trinajstić information content (AvgIpc) is 2.18. The first-order valence-corrected chi connectivity index (χ1v) is 4.90. The second kappa shape index (κ2) is 5.30. The molecule has 15 heavy (non-hydrogen) atoms. The van der Waals surface area contributed by atoms with Gasteiger partial charge >= 0.3 is 0 Å². The number of hydrogen-bond acceptors (Lipinski definition) is 3. The van der Waals surface area contributed by atoms with E-state index in [1.165, 1.54) is 12.3 Å². The molecule has 0 fully saturated rings. The van der Waals surface area contributed by atoms with Gasteiger partial charge in [0.15, 0.2) is 0 Å². The smallest absolute Gasteiger partial charge is 0.214 e. The van der Waals surface area contributed by atoms with E-state index in [9.17, 15) is 4.39 Å². The Morgan fingerprint density at radius 3 is 2.87 bits per heavy atom. The maximum Gasteiger partial charge on any atom is 0.214 e. The van der Waals surface area contributed by atoms with Crippen LogP contribution in [-0.4, -0.2) is 17.6 Å². The van der Waals surface area contributed by atoms with E-state index in [2.05, 4.69) is 11.1 Å². The molecule has 0 radical (unpaired) electrons. The van der Waals surface area contributed by atoms with Gasteiger partial charge < -0.3 is 4.90 Å². The number of halogens is 1. The van der Waals surface area contributed by atoms with Gasteiger partial charge in [-0.3, -0.25) is 0 Å². The van der Waals surface area contributed by atoms with Gasteiger partial charge in [-0.1, -0.05) is 0 Å². The predicted molar refractivity (Wildman–Crippen MR) is 56.9 cm³/mol. The monoisotopic (exact) mass is 207 g/mol. The topological polar surface area (TPSA) is 39.9 Å². The number of nitriles is 1. The van der Waals surface area contributed by atoms with Gasteiger partial charge in [-0.05, 0) is 19.9 Å². The summed E-state index contributed by atoms with van der Waals surface area (Å²) < 4.78 is 12.9. The Morgan fingerprint density at radius 1 is 1.60 bits per heavy atom. The zero-order chi connectivity index (χ0) is 11.3. The third-order valence-corrected chi connectivity index (χ3v) is 2.13. The van der Waals surface area contributed by atoms with Gasteiger partial charge in [-0.15, -0.1) is 0 Å². The summed E-state index contributed by atoms with van der Waals surface area (Å²) in [4.78, 5) is 5.48. The Labute approximate surface area is 89.2 Å². The van der Waals surface area contributed by atoms with E-state index in [0.29, 0.717) is 13.0 Å². The lowest BCUT2D eigenvalue weighted by Crippen LogP contribution is -2.31. The van der Waals surface area contributed by atoms with Gasteiger partial charge in [-0.2, -0.15) is 9.65 Å². The number of anilines is 1. The Kier molecular flexibility index (Phi) is 4.04. The molecule has 0 bridgehead atoms. The van der Waals surface area contributed by atoms with E-state index in [4.69, 9.17) is 5.26 Å². The summed E-state index contributed by atoms with van der Waals surface area (Å²) >= 11 is 0. The average molecular weight is 207 g/mol. The van der Waals surface area contributed by atoms with Gasteiger partial charge in [-0.25, -0.2) is 4.98 Å².